The molecule has 1 aromatic heterocycles. The molecule has 1 aromatic rings. The van der Waals surface area contributed by atoms with Crippen LogP contribution in [0.4, 0.5) is 11.6 Å². The molecule has 0 spiro atoms. The van der Waals surface area contributed by atoms with E-state index in [0.29, 0.717) is 18.2 Å². The SMILES string of the molecule is CC(C)CC(=O)Nc1ccc(NCCN2CCOCC2)nn1. The van der Waals surface area contributed by atoms with Gasteiger partial charge in [0.2, 0.25) is 5.91 Å². The van der Waals surface area contributed by atoms with Gasteiger partial charge in [-0.2, -0.15) is 0 Å². The van der Waals surface area contributed by atoms with Crippen LogP contribution in [0.2, 0.25) is 0 Å². The summed E-state index contributed by atoms with van der Waals surface area (Å²) >= 11 is 0. The fraction of sp³-hybridized carbons (Fsp3) is 0.667. The third-order valence-electron chi connectivity index (χ3n) is 3.36. The molecular weight excluding hydrogens is 282 g/mol. The zero-order valence-electron chi connectivity index (χ0n) is 13.3. The normalized spacial score (nSPS) is 15.8. The molecule has 2 heterocycles. The second-order valence-corrected chi connectivity index (χ2v) is 5.83. The third kappa shape index (κ3) is 5.95. The lowest BCUT2D eigenvalue weighted by atomic mass is 10.1. The number of amides is 1. The van der Waals surface area contributed by atoms with Gasteiger partial charge in [0, 0.05) is 32.6 Å². The van der Waals surface area contributed by atoms with Gasteiger partial charge in [0.1, 0.15) is 5.82 Å². The molecule has 1 aliphatic heterocycles. The number of carbonyl (C=O) groups excluding carboxylic acids is 1. The topological polar surface area (TPSA) is 79.4 Å². The fourth-order valence-electron chi connectivity index (χ4n) is 2.22. The number of hydrogen-bond donors (Lipinski definition) is 2. The summed E-state index contributed by atoms with van der Waals surface area (Å²) in [5.74, 6) is 1.51. The zero-order chi connectivity index (χ0) is 15.8. The number of nitrogens with one attached hydrogen (secondary N) is 2. The van der Waals surface area contributed by atoms with Gasteiger partial charge in [-0.05, 0) is 18.1 Å². The molecule has 0 bridgehead atoms. The minimum atomic E-state index is -0.0303. The van der Waals surface area contributed by atoms with E-state index in [-0.39, 0.29) is 5.91 Å². The molecule has 0 atom stereocenters. The van der Waals surface area contributed by atoms with Crippen LogP contribution >= 0.6 is 0 Å². The van der Waals surface area contributed by atoms with E-state index in [9.17, 15) is 4.79 Å². The second-order valence-electron chi connectivity index (χ2n) is 5.83. The average molecular weight is 307 g/mol. The number of carbonyl (C=O) groups is 1. The number of rotatable bonds is 7. The third-order valence-corrected chi connectivity index (χ3v) is 3.36. The maximum absolute atomic E-state index is 11.6. The van der Waals surface area contributed by atoms with E-state index >= 15 is 0 Å². The maximum atomic E-state index is 11.6. The summed E-state index contributed by atoms with van der Waals surface area (Å²) in [5.41, 5.74) is 0. The summed E-state index contributed by atoms with van der Waals surface area (Å²) in [7, 11) is 0. The van der Waals surface area contributed by atoms with E-state index in [1.54, 1.807) is 6.07 Å². The van der Waals surface area contributed by atoms with Crippen molar-refractivity contribution >= 4 is 17.5 Å². The van der Waals surface area contributed by atoms with Crippen molar-refractivity contribution in [2.24, 2.45) is 5.92 Å². The van der Waals surface area contributed by atoms with E-state index in [4.69, 9.17) is 4.74 Å². The number of morpholine rings is 1. The van der Waals surface area contributed by atoms with Crippen LogP contribution in [0, 0.1) is 5.92 Å². The van der Waals surface area contributed by atoms with Gasteiger partial charge in [-0.15, -0.1) is 10.2 Å². The van der Waals surface area contributed by atoms with E-state index in [1.165, 1.54) is 0 Å². The van der Waals surface area contributed by atoms with Crippen molar-refractivity contribution in [3.63, 3.8) is 0 Å². The lowest BCUT2D eigenvalue weighted by Crippen LogP contribution is -2.39. The highest BCUT2D eigenvalue weighted by molar-refractivity contribution is 5.89. The van der Waals surface area contributed by atoms with E-state index in [2.05, 4.69) is 25.7 Å². The number of hydrogen-bond acceptors (Lipinski definition) is 6. The van der Waals surface area contributed by atoms with Gasteiger partial charge < -0.3 is 15.4 Å². The number of aromatic nitrogens is 2. The van der Waals surface area contributed by atoms with Crippen molar-refractivity contribution in [2.75, 3.05) is 50.0 Å². The van der Waals surface area contributed by atoms with Crippen LogP contribution in [-0.2, 0) is 9.53 Å². The molecule has 22 heavy (non-hydrogen) atoms. The first kappa shape index (κ1) is 16.6. The summed E-state index contributed by atoms with van der Waals surface area (Å²) in [5, 5.41) is 14.1. The summed E-state index contributed by atoms with van der Waals surface area (Å²) in [4.78, 5) is 14.0. The van der Waals surface area contributed by atoms with E-state index < -0.39 is 0 Å². The summed E-state index contributed by atoms with van der Waals surface area (Å²) < 4.78 is 5.31. The zero-order valence-corrected chi connectivity index (χ0v) is 13.3. The highest BCUT2D eigenvalue weighted by Gasteiger charge is 2.09. The Balaban J connectivity index is 1.70. The Morgan fingerprint density at radius 3 is 2.59 bits per heavy atom. The highest BCUT2D eigenvalue weighted by Crippen LogP contribution is 2.08. The van der Waals surface area contributed by atoms with Crippen molar-refractivity contribution in [1.82, 2.24) is 15.1 Å². The monoisotopic (exact) mass is 307 g/mol. The quantitative estimate of drug-likeness (QED) is 0.788. The second kappa shape index (κ2) is 8.65. The molecular formula is C15H25N5O2. The van der Waals surface area contributed by atoms with Crippen LogP contribution in [0.3, 0.4) is 0 Å². The minimum absolute atomic E-state index is 0.0303. The molecule has 7 heteroatoms. The van der Waals surface area contributed by atoms with Crippen LogP contribution in [0.5, 0.6) is 0 Å². The van der Waals surface area contributed by atoms with Gasteiger partial charge in [0.25, 0.3) is 0 Å². The summed E-state index contributed by atoms with van der Waals surface area (Å²) in [6, 6.07) is 3.60. The van der Waals surface area contributed by atoms with Crippen molar-refractivity contribution in [3.8, 4) is 0 Å². The summed E-state index contributed by atoms with van der Waals surface area (Å²) in [6.45, 7) is 9.36. The molecule has 0 saturated carbocycles. The Bertz CT molecular complexity index is 458. The number of anilines is 2. The van der Waals surface area contributed by atoms with Crippen LogP contribution < -0.4 is 10.6 Å². The highest BCUT2D eigenvalue weighted by atomic mass is 16.5. The minimum Gasteiger partial charge on any atom is -0.379 e. The Kier molecular flexibility index (Phi) is 6.54. The summed E-state index contributed by atoms with van der Waals surface area (Å²) in [6.07, 6.45) is 0.487. The van der Waals surface area contributed by atoms with Crippen LogP contribution in [0.1, 0.15) is 20.3 Å². The number of ether oxygens (including phenoxy) is 1. The molecule has 0 aromatic carbocycles. The first-order chi connectivity index (χ1) is 10.6. The Labute approximate surface area is 131 Å². The molecule has 1 fully saturated rings. The molecule has 1 amide bonds. The maximum Gasteiger partial charge on any atom is 0.225 e. The molecule has 2 N–H and O–H groups in total. The van der Waals surface area contributed by atoms with Crippen LogP contribution in [-0.4, -0.2) is 60.4 Å². The first-order valence-corrected chi connectivity index (χ1v) is 7.81. The van der Waals surface area contributed by atoms with E-state index in [1.807, 2.05) is 19.9 Å². The van der Waals surface area contributed by atoms with Crippen molar-refractivity contribution in [3.05, 3.63) is 12.1 Å². The lowest BCUT2D eigenvalue weighted by molar-refractivity contribution is -0.116. The van der Waals surface area contributed by atoms with Crippen LogP contribution in [0.15, 0.2) is 12.1 Å². The standard InChI is InChI=1S/C15H25N5O2/c1-12(2)11-15(21)17-14-4-3-13(18-19-14)16-5-6-20-7-9-22-10-8-20/h3-4,12H,5-11H2,1-2H3,(H,16,18)(H,17,19,21). The first-order valence-electron chi connectivity index (χ1n) is 7.81. The van der Waals surface area contributed by atoms with Crippen LogP contribution in [0.25, 0.3) is 0 Å². The smallest absolute Gasteiger partial charge is 0.225 e. The molecule has 2 rings (SSSR count). The lowest BCUT2D eigenvalue weighted by Gasteiger charge is -2.26. The molecule has 122 valence electrons. The molecule has 1 saturated heterocycles. The van der Waals surface area contributed by atoms with Gasteiger partial charge in [0.15, 0.2) is 5.82 Å². The molecule has 0 aliphatic carbocycles. The van der Waals surface area contributed by atoms with E-state index in [0.717, 1.165) is 45.2 Å². The molecule has 1 aliphatic rings. The van der Waals surface area contributed by atoms with Gasteiger partial charge in [-0.25, -0.2) is 0 Å². The predicted molar refractivity (Wildman–Crippen MR) is 85.9 cm³/mol. The van der Waals surface area contributed by atoms with Gasteiger partial charge in [-0.3, -0.25) is 9.69 Å². The average Bonchev–Trinajstić information content (AvgIpc) is 2.49. The Morgan fingerprint density at radius 2 is 1.95 bits per heavy atom. The Hall–Kier alpha value is -1.73. The fourth-order valence-corrected chi connectivity index (χ4v) is 2.22. The largest absolute Gasteiger partial charge is 0.379 e. The van der Waals surface area contributed by atoms with Gasteiger partial charge >= 0.3 is 0 Å². The van der Waals surface area contributed by atoms with Crippen molar-refractivity contribution < 1.29 is 9.53 Å². The van der Waals surface area contributed by atoms with Crippen molar-refractivity contribution in [2.45, 2.75) is 20.3 Å². The van der Waals surface area contributed by atoms with Gasteiger partial charge in [0.05, 0.1) is 13.2 Å². The molecule has 0 unspecified atom stereocenters. The van der Waals surface area contributed by atoms with Crippen molar-refractivity contribution in [1.29, 1.82) is 0 Å². The van der Waals surface area contributed by atoms with Gasteiger partial charge in [-0.1, -0.05) is 13.8 Å². The Morgan fingerprint density at radius 1 is 1.27 bits per heavy atom. The number of nitrogens with zero attached hydrogens (tertiary/aromatic N) is 3. The molecule has 0 radical (unpaired) electrons. The molecule has 7 nitrogen and oxygen atoms in total. The predicted octanol–water partition coefficient (Wildman–Crippen LogP) is 1.21.